The molecule has 1 heterocycles. The summed E-state index contributed by atoms with van der Waals surface area (Å²) >= 11 is 5.97. The highest BCUT2D eigenvalue weighted by Gasteiger charge is 2.10. The fourth-order valence-electron chi connectivity index (χ4n) is 2.29. The van der Waals surface area contributed by atoms with Crippen molar-refractivity contribution in [1.82, 2.24) is 20.4 Å². The molecular weight excluding hydrogens is 366 g/mol. The quantitative estimate of drug-likeness (QED) is 0.520. The number of aromatic nitrogens is 2. The second kappa shape index (κ2) is 10.8. The molecule has 0 bridgehead atoms. The Kier molecular flexibility index (Phi) is 8.39. The molecule has 0 spiro atoms. The fourth-order valence-corrected chi connectivity index (χ4v) is 2.47. The third-order valence-electron chi connectivity index (χ3n) is 3.78. The van der Waals surface area contributed by atoms with Crippen LogP contribution in [0.1, 0.15) is 38.4 Å². The van der Waals surface area contributed by atoms with Gasteiger partial charge in [-0.3, -0.25) is 4.99 Å². The summed E-state index contributed by atoms with van der Waals surface area (Å²) in [6.07, 6.45) is 0.613. The minimum atomic E-state index is 0.258. The zero-order chi connectivity index (χ0) is 19.6. The Balaban J connectivity index is 1.83. The first-order valence-corrected chi connectivity index (χ1v) is 9.57. The number of aliphatic imine (C=N–C) groups is 1. The van der Waals surface area contributed by atoms with Crippen molar-refractivity contribution in [1.29, 1.82) is 0 Å². The summed E-state index contributed by atoms with van der Waals surface area (Å²) in [5.74, 6) is 3.18. The van der Waals surface area contributed by atoms with Crippen molar-refractivity contribution in [2.75, 3.05) is 33.3 Å². The molecule has 1 aromatic heterocycles. The molecule has 0 atom stereocenters. The lowest BCUT2D eigenvalue weighted by atomic mass is 10.2. The van der Waals surface area contributed by atoms with Crippen LogP contribution >= 0.6 is 11.6 Å². The van der Waals surface area contributed by atoms with E-state index in [1.807, 2.05) is 50.9 Å². The lowest BCUT2D eigenvalue weighted by molar-refractivity contribution is 0.281. The lowest BCUT2D eigenvalue weighted by Gasteiger charge is -2.22. The molecule has 0 aliphatic carbocycles. The summed E-state index contributed by atoms with van der Waals surface area (Å²) < 4.78 is 11.0. The van der Waals surface area contributed by atoms with Gasteiger partial charge in [-0.05, 0) is 25.1 Å². The summed E-state index contributed by atoms with van der Waals surface area (Å²) in [5, 5.41) is 7.92. The monoisotopic (exact) mass is 393 g/mol. The Morgan fingerprint density at radius 2 is 2.22 bits per heavy atom. The SMILES string of the molecule is CCNC(=NCCc1nc(C(C)C)no1)N(C)CCOc1cccc(Cl)c1. The molecule has 0 amide bonds. The van der Waals surface area contributed by atoms with E-state index in [0.717, 1.165) is 24.1 Å². The average Bonchev–Trinajstić information content (AvgIpc) is 3.10. The Morgan fingerprint density at radius 1 is 1.41 bits per heavy atom. The highest BCUT2D eigenvalue weighted by atomic mass is 35.5. The highest BCUT2D eigenvalue weighted by Crippen LogP contribution is 2.16. The predicted octanol–water partition coefficient (Wildman–Crippen LogP) is 3.37. The van der Waals surface area contributed by atoms with Crippen molar-refractivity contribution in [3.05, 3.63) is 41.0 Å². The molecule has 27 heavy (non-hydrogen) atoms. The summed E-state index contributed by atoms with van der Waals surface area (Å²) in [7, 11) is 1.98. The molecule has 0 unspecified atom stereocenters. The van der Waals surface area contributed by atoms with E-state index < -0.39 is 0 Å². The van der Waals surface area contributed by atoms with Crippen LogP contribution in [0.2, 0.25) is 5.02 Å². The number of nitrogens with one attached hydrogen (secondary N) is 1. The van der Waals surface area contributed by atoms with Gasteiger partial charge in [0.05, 0.1) is 13.1 Å². The zero-order valence-electron chi connectivity index (χ0n) is 16.4. The number of hydrogen-bond acceptors (Lipinski definition) is 5. The van der Waals surface area contributed by atoms with Gasteiger partial charge in [-0.2, -0.15) is 4.98 Å². The van der Waals surface area contributed by atoms with Gasteiger partial charge in [0.25, 0.3) is 0 Å². The first-order valence-electron chi connectivity index (χ1n) is 9.20. The number of hydrogen-bond donors (Lipinski definition) is 1. The maximum absolute atomic E-state index is 5.97. The second-order valence-corrected chi connectivity index (χ2v) is 6.85. The maximum atomic E-state index is 5.97. The van der Waals surface area contributed by atoms with E-state index in [2.05, 4.69) is 20.4 Å². The number of nitrogens with zero attached hydrogens (tertiary/aromatic N) is 4. The molecule has 2 rings (SSSR count). The van der Waals surface area contributed by atoms with Crippen LogP contribution in [0.15, 0.2) is 33.8 Å². The van der Waals surface area contributed by atoms with Gasteiger partial charge in [0.1, 0.15) is 12.4 Å². The van der Waals surface area contributed by atoms with E-state index in [1.165, 1.54) is 0 Å². The van der Waals surface area contributed by atoms with Crippen molar-refractivity contribution in [2.24, 2.45) is 4.99 Å². The van der Waals surface area contributed by atoms with Gasteiger partial charge < -0.3 is 19.5 Å². The topological polar surface area (TPSA) is 75.8 Å². The summed E-state index contributed by atoms with van der Waals surface area (Å²) in [6.45, 7) is 8.70. The van der Waals surface area contributed by atoms with E-state index in [1.54, 1.807) is 6.07 Å². The molecule has 7 nitrogen and oxygen atoms in total. The second-order valence-electron chi connectivity index (χ2n) is 6.41. The van der Waals surface area contributed by atoms with E-state index >= 15 is 0 Å². The minimum absolute atomic E-state index is 0.258. The smallest absolute Gasteiger partial charge is 0.228 e. The van der Waals surface area contributed by atoms with Gasteiger partial charge in [-0.25, -0.2) is 0 Å². The lowest BCUT2D eigenvalue weighted by Crippen LogP contribution is -2.41. The highest BCUT2D eigenvalue weighted by molar-refractivity contribution is 6.30. The normalized spacial score (nSPS) is 11.7. The van der Waals surface area contributed by atoms with Crippen LogP contribution in [-0.2, 0) is 6.42 Å². The van der Waals surface area contributed by atoms with E-state index in [9.17, 15) is 0 Å². The number of rotatable bonds is 9. The van der Waals surface area contributed by atoms with E-state index in [4.69, 9.17) is 20.9 Å². The predicted molar refractivity (Wildman–Crippen MR) is 108 cm³/mol. The first-order chi connectivity index (χ1) is 13.0. The van der Waals surface area contributed by atoms with Crippen LogP contribution in [0.25, 0.3) is 0 Å². The standard InChI is InChI=1S/C19H28ClN5O2/c1-5-21-19(22-10-9-17-23-18(14(2)3)24-27-17)25(4)11-12-26-16-8-6-7-15(20)13-16/h6-8,13-14H,5,9-12H2,1-4H3,(H,21,22). The number of likely N-dealkylation sites (N-methyl/N-ethyl adjacent to an activating group) is 1. The molecule has 148 valence electrons. The molecule has 8 heteroatoms. The summed E-state index contributed by atoms with van der Waals surface area (Å²) in [6, 6.07) is 7.39. The Morgan fingerprint density at radius 3 is 2.89 bits per heavy atom. The molecule has 0 saturated heterocycles. The van der Waals surface area contributed by atoms with E-state index in [-0.39, 0.29) is 5.92 Å². The molecular formula is C19H28ClN5O2. The Hall–Kier alpha value is -2.28. The van der Waals surface area contributed by atoms with Crippen LogP contribution in [0.5, 0.6) is 5.75 Å². The number of guanidine groups is 1. The van der Waals surface area contributed by atoms with Crippen LogP contribution in [0.3, 0.4) is 0 Å². The number of halogens is 1. The molecule has 1 N–H and O–H groups in total. The fraction of sp³-hybridized carbons (Fsp3) is 0.526. The molecule has 0 aliphatic rings. The van der Waals surface area contributed by atoms with Crippen LogP contribution in [-0.4, -0.2) is 54.3 Å². The van der Waals surface area contributed by atoms with Crippen LogP contribution in [0.4, 0.5) is 0 Å². The molecule has 0 aliphatic heterocycles. The Bertz CT molecular complexity index is 732. The summed E-state index contributed by atoms with van der Waals surface area (Å²) in [4.78, 5) is 11.0. The molecule has 0 saturated carbocycles. The molecule has 0 radical (unpaired) electrons. The maximum Gasteiger partial charge on any atom is 0.228 e. The number of ether oxygens (including phenoxy) is 1. The van der Waals surface area contributed by atoms with Crippen molar-refractivity contribution >= 4 is 17.6 Å². The Labute approximate surface area is 165 Å². The van der Waals surface area contributed by atoms with Crippen molar-refractivity contribution in [2.45, 2.75) is 33.1 Å². The van der Waals surface area contributed by atoms with Gasteiger partial charge in [-0.15, -0.1) is 0 Å². The van der Waals surface area contributed by atoms with Crippen molar-refractivity contribution in [3.63, 3.8) is 0 Å². The van der Waals surface area contributed by atoms with Crippen LogP contribution in [0, 0.1) is 0 Å². The molecule has 0 fully saturated rings. The van der Waals surface area contributed by atoms with Crippen molar-refractivity contribution < 1.29 is 9.26 Å². The third-order valence-corrected chi connectivity index (χ3v) is 4.01. The zero-order valence-corrected chi connectivity index (χ0v) is 17.2. The van der Waals surface area contributed by atoms with Gasteiger partial charge in [0.15, 0.2) is 11.8 Å². The van der Waals surface area contributed by atoms with Gasteiger partial charge in [0, 0.05) is 31.0 Å². The minimum Gasteiger partial charge on any atom is -0.492 e. The van der Waals surface area contributed by atoms with Crippen LogP contribution < -0.4 is 10.1 Å². The average molecular weight is 394 g/mol. The largest absolute Gasteiger partial charge is 0.492 e. The summed E-state index contributed by atoms with van der Waals surface area (Å²) in [5.41, 5.74) is 0. The van der Waals surface area contributed by atoms with Crippen molar-refractivity contribution in [3.8, 4) is 5.75 Å². The molecule has 1 aromatic carbocycles. The third kappa shape index (κ3) is 7.09. The van der Waals surface area contributed by atoms with Gasteiger partial charge in [0.2, 0.25) is 5.89 Å². The van der Waals surface area contributed by atoms with E-state index in [0.29, 0.717) is 37.0 Å². The molecule has 2 aromatic rings. The number of benzene rings is 1. The van der Waals surface area contributed by atoms with Gasteiger partial charge in [-0.1, -0.05) is 36.7 Å². The van der Waals surface area contributed by atoms with Gasteiger partial charge >= 0.3 is 0 Å². The first kappa shape index (κ1) is 21.0.